The Bertz CT molecular complexity index is 209. The molecule has 1 aliphatic rings. The summed E-state index contributed by atoms with van der Waals surface area (Å²) in [6, 6.07) is 0. The van der Waals surface area contributed by atoms with Gasteiger partial charge in [-0.05, 0) is 20.3 Å². The lowest BCUT2D eigenvalue weighted by Gasteiger charge is -2.06. The van der Waals surface area contributed by atoms with E-state index >= 15 is 0 Å². The highest BCUT2D eigenvalue weighted by atomic mass is 16.5. The number of carbonyl (C=O) groups is 2. The summed E-state index contributed by atoms with van der Waals surface area (Å²) in [4.78, 5) is 21.4. The van der Waals surface area contributed by atoms with Crippen LogP contribution in [0.4, 0.5) is 0 Å². The molecule has 1 aliphatic carbocycles. The van der Waals surface area contributed by atoms with Crippen molar-refractivity contribution in [2.75, 3.05) is 0 Å². The Morgan fingerprint density at radius 1 is 1.42 bits per heavy atom. The van der Waals surface area contributed by atoms with Crippen LogP contribution in [0.1, 0.15) is 20.3 Å². The number of carboxylic acid groups (broad SMARTS) is 1. The van der Waals surface area contributed by atoms with Crippen LogP contribution in [-0.2, 0) is 14.3 Å². The topological polar surface area (TPSA) is 63.6 Å². The van der Waals surface area contributed by atoms with Crippen LogP contribution in [0.5, 0.6) is 0 Å². The van der Waals surface area contributed by atoms with Crippen LogP contribution in [0.25, 0.3) is 0 Å². The molecule has 12 heavy (non-hydrogen) atoms. The first kappa shape index (κ1) is 9.03. The monoisotopic (exact) mass is 172 g/mol. The zero-order valence-corrected chi connectivity index (χ0v) is 7.11. The van der Waals surface area contributed by atoms with Crippen LogP contribution in [-0.4, -0.2) is 23.1 Å². The van der Waals surface area contributed by atoms with Crippen molar-refractivity contribution in [3.63, 3.8) is 0 Å². The highest BCUT2D eigenvalue weighted by Crippen LogP contribution is 2.39. The highest BCUT2D eigenvalue weighted by Gasteiger charge is 2.49. The highest BCUT2D eigenvalue weighted by molar-refractivity contribution is 5.86. The smallest absolute Gasteiger partial charge is 0.310 e. The van der Waals surface area contributed by atoms with Crippen LogP contribution >= 0.6 is 0 Å². The Labute approximate surface area is 70.5 Å². The largest absolute Gasteiger partial charge is 0.481 e. The molecule has 0 radical (unpaired) electrons. The minimum Gasteiger partial charge on any atom is -0.481 e. The molecule has 0 heterocycles. The van der Waals surface area contributed by atoms with Crippen LogP contribution < -0.4 is 0 Å². The third-order valence-electron chi connectivity index (χ3n) is 1.76. The molecular weight excluding hydrogens is 160 g/mol. The number of carboxylic acids is 1. The van der Waals surface area contributed by atoms with Gasteiger partial charge in [-0.15, -0.1) is 0 Å². The van der Waals surface area contributed by atoms with Crippen molar-refractivity contribution in [3.8, 4) is 0 Å². The summed E-state index contributed by atoms with van der Waals surface area (Å²) < 4.78 is 4.85. The number of ether oxygens (including phenoxy) is 1. The van der Waals surface area contributed by atoms with E-state index in [1.807, 2.05) is 0 Å². The van der Waals surface area contributed by atoms with Crippen molar-refractivity contribution >= 4 is 11.9 Å². The maximum absolute atomic E-state index is 11.0. The molecule has 1 fully saturated rings. The van der Waals surface area contributed by atoms with Crippen molar-refractivity contribution < 1.29 is 19.4 Å². The summed E-state index contributed by atoms with van der Waals surface area (Å²) in [5.74, 6) is -2.18. The van der Waals surface area contributed by atoms with Gasteiger partial charge in [0.15, 0.2) is 0 Å². The molecule has 1 saturated carbocycles. The molecule has 4 heteroatoms. The molecular formula is C8H12O4. The van der Waals surface area contributed by atoms with E-state index < -0.39 is 17.8 Å². The lowest BCUT2D eigenvalue weighted by Crippen LogP contribution is -2.15. The van der Waals surface area contributed by atoms with E-state index in [2.05, 4.69) is 0 Å². The normalized spacial score (nSPS) is 26.9. The molecule has 0 aliphatic heterocycles. The zero-order chi connectivity index (χ0) is 9.30. The Hall–Kier alpha value is -1.06. The average Bonchev–Trinajstić information content (AvgIpc) is 2.61. The molecule has 0 saturated heterocycles. The SMILES string of the molecule is CC(C)OC(=O)[C@H]1C[C@H]1C(=O)O. The van der Waals surface area contributed by atoms with Gasteiger partial charge in [0.05, 0.1) is 17.9 Å². The van der Waals surface area contributed by atoms with Gasteiger partial charge >= 0.3 is 11.9 Å². The molecule has 1 rings (SSSR count). The third-order valence-corrected chi connectivity index (χ3v) is 1.76. The number of rotatable bonds is 3. The fourth-order valence-electron chi connectivity index (χ4n) is 1.05. The molecule has 0 aromatic rings. The first-order chi connectivity index (χ1) is 5.52. The molecule has 68 valence electrons. The van der Waals surface area contributed by atoms with Gasteiger partial charge < -0.3 is 9.84 Å². The molecule has 0 bridgehead atoms. The maximum atomic E-state index is 11.0. The Balaban J connectivity index is 2.33. The molecule has 4 nitrogen and oxygen atoms in total. The van der Waals surface area contributed by atoms with E-state index in [-0.39, 0.29) is 12.1 Å². The van der Waals surface area contributed by atoms with Crippen LogP contribution in [0.15, 0.2) is 0 Å². The van der Waals surface area contributed by atoms with Gasteiger partial charge in [-0.1, -0.05) is 0 Å². The molecule has 0 unspecified atom stereocenters. The number of hydrogen-bond acceptors (Lipinski definition) is 3. The summed E-state index contributed by atoms with van der Waals surface area (Å²) in [5, 5.41) is 8.50. The van der Waals surface area contributed by atoms with E-state index in [9.17, 15) is 9.59 Å². The van der Waals surface area contributed by atoms with Crippen molar-refractivity contribution in [1.29, 1.82) is 0 Å². The second-order valence-electron chi connectivity index (χ2n) is 3.27. The zero-order valence-electron chi connectivity index (χ0n) is 7.11. The Morgan fingerprint density at radius 3 is 2.33 bits per heavy atom. The average molecular weight is 172 g/mol. The number of hydrogen-bond donors (Lipinski definition) is 1. The van der Waals surface area contributed by atoms with E-state index in [1.54, 1.807) is 13.8 Å². The second-order valence-corrected chi connectivity index (χ2v) is 3.27. The molecule has 0 spiro atoms. The van der Waals surface area contributed by atoms with Crippen LogP contribution in [0, 0.1) is 11.8 Å². The number of esters is 1. The molecule has 0 amide bonds. The molecule has 1 N–H and O–H groups in total. The summed E-state index contributed by atoms with van der Waals surface area (Å²) >= 11 is 0. The van der Waals surface area contributed by atoms with Crippen molar-refractivity contribution in [2.45, 2.75) is 26.4 Å². The quantitative estimate of drug-likeness (QED) is 0.635. The van der Waals surface area contributed by atoms with Gasteiger partial charge in [-0.25, -0.2) is 0 Å². The van der Waals surface area contributed by atoms with Gasteiger partial charge in [0.2, 0.25) is 0 Å². The summed E-state index contributed by atoms with van der Waals surface area (Å²) in [7, 11) is 0. The summed E-state index contributed by atoms with van der Waals surface area (Å²) in [5.41, 5.74) is 0. The van der Waals surface area contributed by atoms with E-state index in [0.717, 1.165) is 0 Å². The summed E-state index contributed by atoms with van der Waals surface area (Å²) in [6.07, 6.45) is 0.272. The predicted octanol–water partition coefficient (Wildman–Crippen LogP) is 0.659. The minimum atomic E-state index is -0.902. The number of carbonyl (C=O) groups excluding carboxylic acids is 1. The van der Waals surface area contributed by atoms with Crippen LogP contribution in [0.3, 0.4) is 0 Å². The van der Waals surface area contributed by atoms with E-state index in [0.29, 0.717) is 6.42 Å². The molecule has 2 atom stereocenters. The van der Waals surface area contributed by atoms with Gasteiger partial charge in [0, 0.05) is 0 Å². The van der Waals surface area contributed by atoms with Crippen molar-refractivity contribution in [3.05, 3.63) is 0 Å². The fraction of sp³-hybridized carbons (Fsp3) is 0.750. The lowest BCUT2D eigenvalue weighted by molar-refractivity contribution is -0.151. The fourth-order valence-corrected chi connectivity index (χ4v) is 1.05. The van der Waals surface area contributed by atoms with E-state index in [1.165, 1.54) is 0 Å². The Morgan fingerprint density at radius 2 is 2.00 bits per heavy atom. The van der Waals surface area contributed by atoms with Gasteiger partial charge in [0.25, 0.3) is 0 Å². The molecule has 0 aromatic heterocycles. The lowest BCUT2D eigenvalue weighted by atomic mass is 10.3. The first-order valence-electron chi connectivity index (χ1n) is 3.95. The van der Waals surface area contributed by atoms with Crippen molar-refractivity contribution in [1.82, 2.24) is 0 Å². The molecule has 0 aromatic carbocycles. The summed E-state index contributed by atoms with van der Waals surface area (Å²) in [6.45, 7) is 3.49. The van der Waals surface area contributed by atoms with Crippen LogP contribution in [0.2, 0.25) is 0 Å². The second kappa shape index (κ2) is 3.13. The predicted molar refractivity (Wildman–Crippen MR) is 40.5 cm³/mol. The number of aliphatic carboxylic acids is 1. The van der Waals surface area contributed by atoms with Gasteiger partial charge in [0.1, 0.15) is 0 Å². The van der Waals surface area contributed by atoms with E-state index in [4.69, 9.17) is 9.84 Å². The maximum Gasteiger partial charge on any atom is 0.310 e. The van der Waals surface area contributed by atoms with Gasteiger partial charge in [-0.3, -0.25) is 9.59 Å². The Kier molecular flexibility index (Phi) is 2.35. The van der Waals surface area contributed by atoms with Gasteiger partial charge in [-0.2, -0.15) is 0 Å². The first-order valence-corrected chi connectivity index (χ1v) is 3.95. The van der Waals surface area contributed by atoms with Crippen molar-refractivity contribution in [2.24, 2.45) is 11.8 Å². The standard InChI is InChI=1S/C8H12O4/c1-4(2)12-8(11)6-3-5(6)7(9)10/h4-6H,3H2,1-2H3,(H,9,10)/t5-,6+/m1/s1. The minimum absolute atomic E-state index is 0.160. The third kappa shape index (κ3) is 1.96.